The Bertz CT molecular complexity index is 643. The smallest absolute Gasteiger partial charge is 0.325 e. The van der Waals surface area contributed by atoms with E-state index in [4.69, 9.17) is 27.2 Å². The summed E-state index contributed by atoms with van der Waals surface area (Å²) in [6.45, 7) is 2.16. The van der Waals surface area contributed by atoms with Gasteiger partial charge in [0, 0.05) is 10.6 Å². The summed E-state index contributed by atoms with van der Waals surface area (Å²) < 4.78 is 5.73. The Morgan fingerprint density at radius 3 is 2.62 bits per heavy atom. The molecular weight excluding hydrogens is 290 g/mol. The van der Waals surface area contributed by atoms with E-state index in [0.717, 1.165) is 11.1 Å². The predicted molar refractivity (Wildman–Crippen MR) is 81.5 cm³/mol. The van der Waals surface area contributed by atoms with Crippen molar-refractivity contribution in [1.82, 2.24) is 0 Å². The van der Waals surface area contributed by atoms with E-state index >= 15 is 0 Å². The quantitative estimate of drug-likeness (QED) is 0.889. The number of carboxylic acids is 1. The molecule has 110 valence electrons. The summed E-state index contributed by atoms with van der Waals surface area (Å²) in [7, 11) is 0. The molecule has 3 N–H and O–H groups in total. The summed E-state index contributed by atoms with van der Waals surface area (Å²) in [5.41, 5.74) is 7.85. The van der Waals surface area contributed by atoms with Gasteiger partial charge in [0.15, 0.2) is 0 Å². The first-order valence-electron chi connectivity index (χ1n) is 6.44. The van der Waals surface area contributed by atoms with Gasteiger partial charge in [0.2, 0.25) is 0 Å². The van der Waals surface area contributed by atoms with Crippen LogP contribution in [0.4, 0.5) is 0 Å². The van der Waals surface area contributed by atoms with E-state index in [1.165, 1.54) is 0 Å². The van der Waals surface area contributed by atoms with E-state index in [0.29, 0.717) is 22.9 Å². The lowest BCUT2D eigenvalue weighted by Crippen LogP contribution is -2.21. The summed E-state index contributed by atoms with van der Waals surface area (Å²) in [6.07, 6.45) is 0. The van der Waals surface area contributed by atoms with E-state index in [1.807, 2.05) is 37.3 Å². The highest BCUT2D eigenvalue weighted by molar-refractivity contribution is 6.31. The number of hydrogen-bond acceptors (Lipinski definition) is 3. The first-order valence-corrected chi connectivity index (χ1v) is 6.82. The number of benzene rings is 2. The van der Waals surface area contributed by atoms with Crippen LogP contribution in [-0.4, -0.2) is 11.1 Å². The van der Waals surface area contributed by atoms with Gasteiger partial charge in [0.05, 0.1) is 0 Å². The number of ether oxygens (including phenoxy) is 1. The molecule has 0 saturated heterocycles. The van der Waals surface area contributed by atoms with Crippen molar-refractivity contribution in [3.05, 3.63) is 64.2 Å². The van der Waals surface area contributed by atoms with Gasteiger partial charge in [0.25, 0.3) is 0 Å². The van der Waals surface area contributed by atoms with Crippen LogP contribution in [0.5, 0.6) is 5.75 Å². The minimum absolute atomic E-state index is 0.335. The van der Waals surface area contributed by atoms with Crippen LogP contribution in [0.1, 0.15) is 22.7 Å². The first-order chi connectivity index (χ1) is 9.99. The Labute approximate surface area is 128 Å². The van der Waals surface area contributed by atoms with E-state index in [-0.39, 0.29) is 0 Å². The normalized spacial score (nSPS) is 12.0. The lowest BCUT2D eigenvalue weighted by molar-refractivity contribution is -0.138. The molecule has 0 saturated carbocycles. The van der Waals surface area contributed by atoms with Gasteiger partial charge in [-0.2, -0.15) is 0 Å². The molecule has 0 aromatic heterocycles. The molecule has 2 aromatic rings. The molecule has 21 heavy (non-hydrogen) atoms. The Balaban J connectivity index is 2.28. The van der Waals surface area contributed by atoms with Gasteiger partial charge in [-0.25, -0.2) is 0 Å². The maximum Gasteiger partial charge on any atom is 0.325 e. The number of hydrogen-bond donors (Lipinski definition) is 2. The topological polar surface area (TPSA) is 72.5 Å². The molecular formula is C16H16ClNO3. The Kier molecular flexibility index (Phi) is 4.83. The van der Waals surface area contributed by atoms with Crippen molar-refractivity contribution in [1.29, 1.82) is 0 Å². The minimum atomic E-state index is -1.17. The second-order valence-corrected chi connectivity index (χ2v) is 5.14. The average Bonchev–Trinajstić information content (AvgIpc) is 2.48. The van der Waals surface area contributed by atoms with E-state index < -0.39 is 12.0 Å². The fourth-order valence-corrected chi connectivity index (χ4v) is 2.08. The van der Waals surface area contributed by atoms with Crippen LogP contribution in [-0.2, 0) is 11.4 Å². The molecule has 0 aliphatic rings. The second kappa shape index (κ2) is 6.61. The van der Waals surface area contributed by atoms with Crippen LogP contribution in [0.3, 0.4) is 0 Å². The van der Waals surface area contributed by atoms with E-state index in [2.05, 4.69) is 0 Å². The van der Waals surface area contributed by atoms with Gasteiger partial charge in [-0.05, 0) is 30.2 Å². The summed E-state index contributed by atoms with van der Waals surface area (Å²) in [5.74, 6) is -0.685. The minimum Gasteiger partial charge on any atom is -0.489 e. The zero-order chi connectivity index (χ0) is 15.4. The summed E-state index contributed by atoms with van der Waals surface area (Å²) >= 11 is 6.05. The second-order valence-electron chi connectivity index (χ2n) is 4.73. The third-order valence-corrected chi connectivity index (χ3v) is 3.54. The van der Waals surface area contributed by atoms with Crippen LogP contribution in [0, 0.1) is 6.92 Å². The first kappa shape index (κ1) is 15.4. The fraction of sp³-hybridized carbons (Fsp3) is 0.188. The van der Waals surface area contributed by atoms with Crippen molar-refractivity contribution in [3.63, 3.8) is 0 Å². The van der Waals surface area contributed by atoms with E-state index in [9.17, 15) is 4.79 Å². The molecule has 0 radical (unpaired) electrons. The number of aryl methyl sites for hydroxylation is 1. The zero-order valence-corrected chi connectivity index (χ0v) is 12.3. The number of carbonyl (C=O) groups is 1. The molecule has 0 fully saturated rings. The van der Waals surface area contributed by atoms with Gasteiger partial charge in [-0.15, -0.1) is 0 Å². The summed E-state index contributed by atoms with van der Waals surface area (Å²) in [6, 6.07) is 11.7. The zero-order valence-electron chi connectivity index (χ0n) is 11.5. The maximum absolute atomic E-state index is 11.1. The standard InChI is InChI=1S/C16H16ClNO3/c1-10-7-14(21-9-11-5-3-2-4-6-11)12(8-13(10)17)15(18)16(19)20/h2-8,15H,9,18H2,1H3,(H,19,20). The van der Waals surface area contributed by atoms with Gasteiger partial charge in [-0.1, -0.05) is 41.9 Å². The molecule has 0 heterocycles. The monoisotopic (exact) mass is 305 g/mol. The van der Waals surface area contributed by atoms with Crippen molar-refractivity contribution in [2.45, 2.75) is 19.6 Å². The Hall–Kier alpha value is -2.04. The number of halogens is 1. The number of nitrogens with two attached hydrogens (primary N) is 1. The Morgan fingerprint density at radius 2 is 2.00 bits per heavy atom. The van der Waals surface area contributed by atoms with Gasteiger partial charge < -0.3 is 15.6 Å². The molecule has 5 heteroatoms. The molecule has 0 aliphatic heterocycles. The highest BCUT2D eigenvalue weighted by Gasteiger charge is 2.20. The highest BCUT2D eigenvalue weighted by atomic mass is 35.5. The van der Waals surface area contributed by atoms with E-state index in [1.54, 1.807) is 12.1 Å². The molecule has 2 rings (SSSR count). The number of aliphatic carboxylic acids is 1. The molecule has 1 unspecified atom stereocenters. The molecule has 0 amide bonds. The molecule has 0 spiro atoms. The van der Waals surface area contributed by atoms with Crippen LogP contribution >= 0.6 is 11.6 Å². The van der Waals surface area contributed by atoms with Gasteiger partial charge >= 0.3 is 5.97 Å². The SMILES string of the molecule is Cc1cc(OCc2ccccc2)c(C(N)C(=O)O)cc1Cl. The largest absolute Gasteiger partial charge is 0.489 e. The molecule has 0 aliphatic carbocycles. The predicted octanol–water partition coefficient (Wildman–Crippen LogP) is 3.31. The van der Waals surface area contributed by atoms with Gasteiger partial charge in [0.1, 0.15) is 18.4 Å². The average molecular weight is 306 g/mol. The summed E-state index contributed by atoms with van der Waals surface area (Å²) in [5, 5.41) is 9.55. The fourth-order valence-electron chi connectivity index (χ4n) is 1.91. The van der Waals surface area contributed by atoms with Crippen LogP contribution in [0.2, 0.25) is 5.02 Å². The van der Waals surface area contributed by atoms with Crippen LogP contribution in [0.15, 0.2) is 42.5 Å². The number of carboxylic acid groups (broad SMARTS) is 1. The molecule has 4 nitrogen and oxygen atoms in total. The Morgan fingerprint density at radius 1 is 1.33 bits per heavy atom. The molecule has 0 bridgehead atoms. The van der Waals surface area contributed by atoms with Crippen molar-refractivity contribution < 1.29 is 14.6 Å². The van der Waals surface area contributed by atoms with Crippen LogP contribution < -0.4 is 10.5 Å². The highest BCUT2D eigenvalue weighted by Crippen LogP contribution is 2.31. The third kappa shape index (κ3) is 3.74. The third-order valence-electron chi connectivity index (χ3n) is 3.13. The lowest BCUT2D eigenvalue weighted by Gasteiger charge is -2.16. The molecule has 1 atom stereocenters. The summed E-state index contributed by atoms with van der Waals surface area (Å²) in [4.78, 5) is 11.1. The van der Waals surface area contributed by atoms with Gasteiger partial charge in [-0.3, -0.25) is 4.79 Å². The van der Waals surface area contributed by atoms with Crippen molar-refractivity contribution >= 4 is 17.6 Å². The maximum atomic E-state index is 11.1. The number of rotatable bonds is 5. The van der Waals surface area contributed by atoms with Crippen molar-refractivity contribution in [2.75, 3.05) is 0 Å². The van der Waals surface area contributed by atoms with Crippen molar-refractivity contribution in [2.24, 2.45) is 5.73 Å². The lowest BCUT2D eigenvalue weighted by atomic mass is 10.0. The molecule has 2 aromatic carbocycles. The van der Waals surface area contributed by atoms with Crippen LogP contribution in [0.25, 0.3) is 0 Å². The van der Waals surface area contributed by atoms with Crippen molar-refractivity contribution in [3.8, 4) is 5.75 Å².